The average Bonchev–Trinajstić information content (AvgIpc) is 2.55. The largest absolute Gasteiger partial charge is 0.382 e. The van der Waals surface area contributed by atoms with Crippen LogP contribution in [0.4, 0.5) is 0 Å². The summed E-state index contributed by atoms with van der Waals surface area (Å²) in [5.74, 6) is 0.110. The molecule has 2 aromatic rings. The van der Waals surface area contributed by atoms with Gasteiger partial charge in [-0.25, -0.2) is 0 Å². The van der Waals surface area contributed by atoms with E-state index in [2.05, 4.69) is 0 Å². The number of unbranched alkanes of at least 4 members (excludes halogenated alkanes) is 1. The third kappa shape index (κ3) is 5.75. The Labute approximate surface area is 148 Å². The molecule has 8 heteroatoms. The Morgan fingerprint density at radius 3 is 1.84 bits per heavy atom. The lowest BCUT2D eigenvalue weighted by atomic mass is 10.2. The molecule has 0 N–H and O–H groups in total. The molecule has 2 rings (SSSR count). The van der Waals surface area contributed by atoms with Crippen LogP contribution in [0.15, 0.2) is 53.4 Å². The number of aryl methyl sites for hydroxylation is 1. The van der Waals surface area contributed by atoms with Crippen LogP contribution in [0, 0.1) is 6.92 Å². The van der Waals surface area contributed by atoms with Crippen molar-refractivity contribution in [3.8, 4) is 11.5 Å². The van der Waals surface area contributed by atoms with Crippen molar-refractivity contribution >= 4 is 20.2 Å². The minimum absolute atomic E-state index is 0.0422. The van der Waals surface area contributed by atoms with E-state index in [1.807, 2.05) is 13.8 Å². The maximum Gasteiger partial charge on any atom is 0.339 e. The SMILES string of the molecule is CCCCS(=O)(=O)Oc1ccc(OS(=O)(=O)c2ccc(C)cc2)cc1. The first-order valence-corrected chi connectivity index (χ1v) is 10.7. The van der Waals surface area contributed by atoms with Gasteiger partial charge in [0.15, 0.2) is 0 Å². The zero-order valence-electron chi connectivity index (χ0n) is 14.0. The Balaban J connectivity index is 2.08. The van der Waals surface area contributed by atoms with Crippen LogP contribution in [0.1, 0.15) is 25.3 Å². The van der Waals surface area contributed by atoms with Crippen molar-refractivity contribution in [1.82, 2.24) is 0 Å². The van der Waals surface area contributed by atoms with Crippen LogP contribution < -0.4 is 8.37 Å². The lowest BCUT2D eigenvalue weighted by molar-refractivity contribution is 0.476. The summed E-state index contributed by atoms with van der Waals surface area (Å²) in [5.41, 5.74) is 0.935. The smallest absolute Gasteiger partial charge is 0.339 e. The second kappa shape index (κ2) is 7.88. The Kier molecular flexibility index (Phi) is 6.07. The van der Waals surface area contributed by atoms with Crippen molar-refractivity contribution in [2.45, 2.75) is 31.6 Å². The highest BCUT2D eigenvalue weighted by Gasteiger charge is 2.17. The predicted octanol–water partition coefficient (Wildman–Crippen LogP) is 3.27. The van der Waals surface area contributed by atoms with Gasteiger partial charge in [-0.3, -0.25) is 0 Å². The maximum absolute atomic E-state index is 12.2. The van der Waals surface area contributed by atoms with Gasteiger partial charge in [-0.2, -0.15) is 16.8 Å². The molecule has 0 spiro atoms. The van der Waals surface area contributed by atoms with E-state index in [9.17, 15) is 16.8 Å². The number of hydrogen-bond acceptors (Lipinski definition) is 6. The highest BCUT2D eigenvalue weighted by molar-refractivity contribution is 7.87. The summed E-state index contributed by atoms with van der Waals surface area (Å²) in [5, 5.41) is 0. The van der Waals surface area contributed by atoms with Gasteiger partial charge in [-0.05, 0) is 49.7 Å². The fraction of sp³-hybridized carbons (Fsp3) is 0.294. The molecule has 0 saturated heterocycles. The summed E-state index contributed by atoms with van der Waals surface area (Å²) in [6, 6.07) is 11.7. The van der Waals surface area contributed by atoms with Gasteiger partial charge < -0.3 is 8.37 Å². The third-order valence-corrected chi connectivity index (χ3v) is 5.81. The molecule has 0 fully saturated rings. The second-order valence-corrected chi connectivity index (χ2v) is 8.76. The van der Waals surface area contributed by atoms with Crippen LogP contribution in [-0.4, -0.2) is 22.6 Å². The summed E-state index contributed by atoms with van der Waals surface area (Å²) in [6.45, 7) is 3.74. The standard InChI is InChI=1S/C17H20O6S2/c1-3-4-13-24(18,19)22-15-7-9-16(10-8-15)23-25(20,21)17-11-5-14(2)6-12-17/h5-12H,3-4,13H2,1-2H3. The van der Waals surface area contributed by atoms with Gasteiger partial charge in [0.2, 0.25) is 0 Å². The first kappa shape index (κ1) is 19.3. The highest BCUT2D eigenvalue weighted by Crippen LogP contribution is 2.23. The Morgan fingerprint density at radius 1 is 0.800 bits per heavy atom. The molecular formula is C17H20O6S2. The topological polar surface area (TPSA) is 86.7 Å². The summed E-state index contributed by atoms with van der Waals surface area (Å²) >= 11 is 0. The van der Waals surface area contributed by atoms with E-state index in [0.717, 1.165) is 12.0 Å². The summed E-state index contributed by atoms with van der Waals surface area (Å²) < 4.78 is 57.9. The fourth-order valence-electron chi connectivity index (χ4n) is 1.94. The zero-order chi connectivity index (χ0) is 18.5. The molecule has 0 saturated carbocycles. The molecule has 0 aliphatic rings. The lowest BCUT2D eigenvalue weighted by Gasteiger charge is -2.09. The molecular weight excluding hydrogens is 364 g/mol. The first-order valence-electron chi connectivity index (χ1n) is 7.75. The van der Waals surface area contributed by atoms with E-state index in [4.69, 9.17) is 8.37 Å². The van der Waals surface area contributed by atoms with Crippen LogP contribution in [-0.2, 0) is 20.2 Å². The zero-order valence-corrected chi connectivity index (χ0v) is 15.6. The van der Waals surface area contributed by atoms with E-state index in [0.29, 0.717) is 6.42 Å². The van der Waals surface area contributed by atoms with Crippen molar-refractivity contribution in [3.63, 3.8) is 0 Å². The lowest BCUT2D eigenvalue weighted by Crippen LogP contribution is -2.13. The number of hydrogen-bond donors (Lipinski definition) is 0. The Morgan fingerprint density at radius 2 is 1.32 bits per heavy atom. The van der Waals surface area contributed by atoms with E-state index < -0.39 is 20.2 Å². The fourth-order valence-corrected chi connectivity index (χ4v) is 4.00. The highest BCUT2D eigenvalue weighted by atomic mass is 32.2. The molecule has 0 aliphatic carbocycles. The predicted molar refractivity (Wildman–Crippen MR) is 94.8 cm³/mol. The van der Waals surface area contributed by atoms with Crippen LogP contribution in [0.25, 0.3) is 0 Å². The van der Waals surface area contributed by atoms with Gasteiger partial charge in [0.05, 0.1) is 5.75 Å². The van der Waals surface area contributed by atoms with Gasteiger partial charge in [0, 0.05) is 0 Å². The van der Waals surface area contributed by atoms with Crippen LogP contribution in [0.2, 0.25) is 0 Å². The van der Waals surface area contributed by atoms with Crippen LogP contribution >= 0.6 is 0 Å². The Hall–Kier alpha value is -2.06. The second-order valence-electron chi connectivity index (χ2n) is 5.52. The summed E-state index contributed by atoms with van der Waals surface area (Å²) in [4.78, 5) is 0.0422. The molecule has 6 nitrogen and oxygen atoms in total. The van der Waals surface area contributed by atoms with Crippen LogP contribution in [0.5, 0.6) is 11.5 Å². The van der Waals surface area contributed by atoms with Crippen molar-refractivity contribution in [2.75, 3.05) is 5.75 Å². The normalized spacial score (nSPS) is 11.9. The molecule has 0 aliphatic heterocycles. The van der Waals surface area contributed by atoms with Gasteiger partial charge in [0.25, 0.3) is 0 Å². The van der Waals surface area contributed by atoms with Crippen LogP contribution in [0.3, 0.4) is 0 Å². The Bertz CT molecular complexity index is 899. The van der Waals surface area contributed by atoms with Crippen molar-refractivity contribution in [3.05, 3.63) is 54.1 Å². The molecule has 0 aromatic heterocycles. The molecule has 0 amide bonds. The molecule has 25 heavy (non-hydrogen) atoms. The molecule has 0 unspecified atom stereocenters. The van der Waals surface area contributed by atoms with Crippen molar-refractivity contribution in [2.24, 2.45) is 0 Å². The van der Waals surface area contributed by atoms with Gasteiger partial charge in [-0.15, -0.1) is 0 Å². The minimum Gasteiger partial charge on any atom is -0.382 e. The summed E-state index contributed by atoms with van der Waals surface area (Å²) in [7, 11) is -7.60. The van der Waals surface area contributed by atoms with Gasteiger partial charge >= 0.3 is 20.2 Å². The average molecular weight is 384 g/mol. The monoisotopic (exact) mass is 384 g/mol. The molecule has 136 valence electrons. The molecule has 0 bridgehead atoms. The number of benzene rings is 2. The number of rotatable bonds is 8. The molecule has 2 aromatic carbocycles. The molecule has 0 radical (unpaired) electrons. The van der Waals surface area contributed by atoms with Crippen molar-refractivity contribution in [1.29, 1.82) is 0 Å². The van der Waals surface area contributed by atoms with Gasteiger partial charge in [-0.1, -0.05) is 31.0 Å². The minimum atomic E-state index is -3.95. The van der Waals surface area contributed by atoms with E-state index >= 15 is 0 Å². The van der Waals surface area contributed by atoms with E-state index in [-0.39, 0.29) is 22.1 Å². The third-order valence-electron chi connectivity index (χ3n) is 3.31. The van der Waals surface area contributed by atoms with E-state index in [1.165, 1.54) is 36.4 Å². The quantitative estimate of drug-likeness (QED) is 0.649. The first-order chi connectivity index (χ1) is 11.7. The summed E-state index contributed by atoms with van der Waals surface area (Å²) in [6.07, 6.45) is 1.25. The van der Waals surface area contributed by atoms with E-state index in [1.54, 1.807) is 12.1 Å². The molecule has 0 atom stereocenters. The maximum atomic E-state index is 12.2. The molecule has 0 heterocycles. The van der Waals surface area contributed by atoms with Crippen molar-refractivity contribution < 1.29 is 25.2 Å². The van der Waals surface area contributed by atoms with Gasteiger partial charge in [0.1, 0.15) is 16.4 Å².